The summed E-state index contributed by atoms with van der Waals surface area (Å²) in [6.45, 7) is 14.0. The van der Waals surface area contributed by atoms with Gasteiger partial charge < -0.3 is 120 Å². The van der Waals surface area contributed by atoms with Gasteiger partial charge in [0.1, 0.15) is 0 Å². The lowest BCUT2D eigenvalue weighted by Crippen LogP contribution is -2.55. The van der Waals surface area contributed by atoms with Crippen molar-refractivity contribution in [1.29, 1.82) is 0 Å². The third-order valence-electron chi connectivity index (χ3n) is 12.3. The molecule has 0 aliphatic carbocycles. The maximum Gasteiger partial charge on any atom is 0.336 e. The molecule has 4 atom stereocenters. The fraction of sp³-hybridized carbons (Fsp3) is 0.944. The van der Waals surface area contributed by atoms with E-state index in [1.807, 2.05) is 20.8 Å². The summed E-state index contributed by atoms with van der Waals surface area (Å²) in [6.07, 6.45) is 2.06. The Balaban J connectivity index is -0.000000311. The number of aromatic nitrogens is 3. The molecule has 0 amide bonds. The minimum atomic E-state index is -0.887. The van der Waals surface area contributed by atoms with Gasteiger partial charge in [-0.05, 0) is 59.3 Å². The molecule has 514 valence electrons. The molecule has 0 saturated carbocycles. The van der Waals surface area contributed by atoms with Crippen molar-refractivity contribution in [3.63, 3.8) is 0 Å². The van der Waals surface area contributed by atoms with E-state index in [1.54, 1.807) is 25.7 Å². The summed E-state index contributed by atoms with van der Waals surface area (Å²) < 4.78 is 34.8. The Morgan fingerprint density at radius 2 is 0.671 bits per heavy atom. The van der Waals surface area contributed by atoms with Gasteiger partial charge in [0.25, 0.3) is 0 Å². The van der Waals surface area contributed by atoms with E-state index in [0.29, 0.717) is 92.2 Å². The Kier molecular flexibility index (Phi) is 66.1. The van der Waals surface area contributed by atoms with Crippen molar-refractivity contribution in [1.82, 2.24) is 18.6 Å². The first-order valence-electron chi connectivity index (χ1n) is 28.9. The van der Waals surface area contributed by atoms with Crippen molar-refractivity contribution in [3.05, 3.63) is 31.5 Å². The van der Waals surface area contributed by atoms with E-state index < -0.39 is 66.7 Å². The molecule has 0 spiro atoms. The molecule has 31 nitrogen and oxygen atoms in total. The molecule has 0 aromatic carbocycles. The van der Waals surface area contributed by atoms with Gasteiger partial charge in [0.15, 0.2) is 0 Å². The zero-order chi connectivity index (χ0) is 66.0. The number of nitrogens with zero attached hydrogens (tertiary/aromatic N) is 4. The first-order valence-corrected chi connectivity index (χ1v) is 28.9. The Morgan fingerprint density at radius 1 is 0.388 bits per heavy atom. The second kappa shape index (κ2) is 61.6. The highest BCUT2D eigenvalue weighted by atomic mass is 16.5. The average molecular weight is 1250 g/mol. The zero-order valence-corrected chi connectivity index (χ0v) is 51.7. The van der Waals surface area contributed by atoms with E-state index in [0.717, 1.165) is 19.3 Å². The quantitative estimate of drug-likeness (QED) is 0.0270. The Bertz CT molecular complexity index is 1530. The first kappa shape index (κ1) is 91.1. The van der Waals surface area contributed by atoms with Crippen molar-refractivity contribution >= 4 is 0 Å². The normalized spacial score (nSPS) is 13.5. The third-order valence-corrected chi connectivity index (χ3v) is 12.3. The average Bonchev–Trinajstić information content (AvgIpc) is 3.55. The van der Waals surface area contributed by atoms with Gasteiger partial charge in [0.05, 0.1) is 209 Å². The first-order chi connectivity index (χ1) is 40.5. The zero-order valence-electron chi connectivity index (χ0n) is 51.7. The van der Waals surface area contributed by atoms with E-state index >= 15 is 0 Å². The van der Waals surface area contributed by atoms with Gasteiger partial charge in [0.2, 0.25) is 0 Å². The van der Waals surface area contributed by atoms with Gasteiger partial charge in [-0.1, -0.05) is 20.8 Å². The van der Waals surface area contributed by atoms with Gasteiger partial charge in [-0.25, -0.2) is 28.1 Å². The van der Waals surface area contributed by atoms with Crippen molar-refractivity contribution in [2.24, 2.45) is 16.2 Å². The molecule has 0 aliphatic rings. The summed E-state index contributed by atoms with van der Waals surface area (Å²) in [5.74, 6) is 0. The van der Waals surface area contributed by atoms with Crippen LogP contribution in [0.3, 0.4) is 0 Å². The van der Waals surface area contributed by atoms with Crippen molar-refractivity contribution in [2.75, 3.05) is 191 Å². The summed E-state index contributed by atoms with van der Waals surface area (Å²) in [5, 5.41) is 157. The standard InChI is InChI=1S/C15H32O6.C12H26O6.C9H15N3O6.C6H15NO3.2C6H14O3/c1-5-15(9-19-6-12(2)16,10-20-7-13(3)17)11-21-8-14(4)18;1-2-12(9-16-6-3-13,10-17-7-4-14)11-18-8-5-15;13-4-1-10-7(16)11(2-5-14)9(18)12(3-6-15)8(10)17;8-4-1-7(2-5-9)3-6-10;1-2-6(3-7,4-8)5-9;7-4-2-1-3-6(9)5-8/h12-14,16-18H,5-11H2,1-4H3;13-15H,2-11H2,1H3;13-15H,1-6H2;8-10H,1-6H2;7-9H,2-5H2,1H3;6-9H,1-5H2. The minimum Gasteiger partial charge on any atom is -0.396 e. The minimum absolute atomic E-state index is 0.0191. The van der Waals surface area contributed by atoms with Gasteiger partial charge in [-0.2, -0.15) is 0 Å². The lowest BCUT2D eigenvalue weighted by Gasteiger charge is -2.32. The molecule has 0 bridgehead atoms. The van der Waals surface area contributed by atoms with Crippen LogP contribution in [-0.4, -0.2) is 326 Å². The molecule has 1 aromatic heterocycles. The number of aliphatic hydroxyl groups excluding tert-OH is 18. The fourth-order valence-electron chi connectivity index (χ4n) is 6.64. The van der Waals surface area contributed by atoms with Gasteiger partial charge >= 0.3 is 17.1 Å². The molecule has 1 rings (SSSR count). The van der Waals surface area contributed by atoms with Crippen molar-refractivity contribution in [2.45, 2.75) is 124 Å². The van der Waals surface area contributed by atoms with Crippen LogP contribution >= 0.6 is 0 Å². The van der Waals surface area contributed by atoms with E-state index in [-0.39, 0.29) is 143 Å². The number of unbranched alkanes of at least 4 members (excludes halogenated alkanes) is 1. The smallest absolute Gasteiger partial charge is 0.336 e. The predicted octanol–water partition coefficient (Wildman–Crippen LogP) is -6.74. The molecule has 0 aliphatic heterocycles. The molecular formula is C54H116N4O27. The highest BCUT2D eigenvalue weighted by molar-refractivity contribution is 4.81. The molecule has 0 saturated heterocycles. The van der Waals surface area contributed by atoms with Crippen molar-refractivity contribution in [3.8, 4) is 0 Å². The molecule has 31 heteroatoms. The monoisotopic (exact) mass is 1250 g/mol. The fourth-order valence-corrected chi connectivity index (χ4v) is 6.64. The SMILES string of the molecule is CCC(CO)(CO)CO.CCC(COCC(C)O)(COCC(C)O)COCC(C)O.CCC(COCCO)(COCCO)COCCO.O=c1n(CCO)c(=O)n(CCO)c(=O)n1CCO.OCCCCC(O)CO.OCCN(CCO)CCO. The van der Waals surface area contributed by atoms with Crippen LogP contribution in [0.25, 0.3) is 0 Å². The molecule has 4 unspecified atom stereocenters. The number of aliphatic hydroxyl groups is 18. The van der Waals surface area contributed by atoms with Crippen LogP contribution in [0.4, 0.5) is 0 Å². The van der Waals surface area contributed by atoms with E-state index in [2.05, 4.69) is 0 Å². The summed E-state index contributed by atoms with van der Waals surface area (Å²) in [7, 11) is 0. The summed E-state index contributed by atoms with van der Waals surface area (Å²) in [5.41, 5.74) is -3.98. The lowest BCUT2D eigenvalue weighted by atomic mass is 9.88. The Labute approximate surface area is 501 Å². The van der Waals surface area contributed by atoms with Crippen LogP contribution in [0.1, 0.15) is 80.1 Å². The van der Waals surface area contributed by atoms with Crippen LogP contribution in [0, 0.1) is 16.2 Å². The summed E-state index contributed by atoms with van der Waals surface area (Å²) >= 11 is 0. The lowest BCUT2D eigenvalue weighted by molar-refractivity contribution is -0.0968. The topological polar surface area (TPSA) is 489 Å². The molecular weight excluding hydrogens is 1140 g/mol. The van der Waals surface area contributed by atoms with Gasteiger partial charge in [-0.3, -0.25) is 4.90 Å². The number of ether oxygens (including phenoxy) is 6. The second-order valence-corrected chi connectivity index (χ2v) is 20.0. The molecule has 0 fully saturated rings. The largest absolute Gasteiger partial charge is 0.396 e. The number of rotatable bonds is 47. The van der Waals surface area contributed by atoms with Crippen molar-refractivity contribution < 1.29 is 120 Å². The van der Waals surface area contributed by atoms with E-state index in [1.165, 1.54) is 0 Å². The van der Waals surface area contributed by atoms with Gasteiger partial charge in [0, 0.05) is 42.5 Å². The van der Waals surface area contributed by atoms with Crippen LogP contribution < -0.4 is 17.1 Å². The predicted molar refractivity (Wildman–Crippen MR) is 313 cm³/mol. The van der Waals surface area contributed by atoms with E-state index in [9.17, 15) is 29.7 Å². The molecule has 1 aromatic rings. The third kappa shape index (κ3) is 48.0. The molecule has 0 radical (unpaired) electrons. The number of hydrogen-bond acceptors (Lipinski definition) is 28. The Morgan fingerprint density at radius 3 is 0.859 bits per heavy atom. The number of hydrogen-bond donors (Lipinski definition) is 18. The highest BCUT2D eigenvalue weighted by Crippen LogP contribution is 2.25. The molecule has 85 heavy (non-hydrogen) atoms. The van der Waals surface area contributed by atoms with E-state index in [4.69, 9.17) is 105 Å². The maximum absolute atomic E-state index is 11.8. The second-order valence-electron chi connectivity index (χ2n) is 20.0. The Hall–Kier alpha value is -2.59. The van der Waals surface area contributed by atoms with Crippen LogP contribution in [0.5, 0.6) is 0 Å². The molecule has 1 heterocycles. The van der Waals surface area contributed by atoms with Crippen LogP contribution in [0.2, 0.25) is 0 Å². The maximum atomic E-state index is 11.8. The summed E-state index contributed by atoms with van der Waals surface area (Å²) in [4.78, 5) is 37.1. The van der Waals surface area contributed by atoms with Crippen LogP contribution in [0.15, 0.2) is 14.4 Å². The highest BCUT2D eigenvalue weighted by Gasteiger charge is 2.31. The summed E-state index contributed by atoms with van der Waals surface area (Å²) in [6, 6.07) is 0. The van der Waals surface area contributed by atoms with Gasteiger partial charge in [-0.15, -0.1) is 0 Å². The van der Waals surface area contributed by atoms with Crippen LogP contribution in [-0.2, 0) is 48.1 Å². The molecule has 18 N–H and O–H groups in total.